The highest BCUT2D eigenvalue weighted by atomic mass is 32.2. The van der Waals surface area contributed by atoms with E-state index >= 15 is 0 Å². The number of tetrazole rings is 1. The third-order valence-corrected chi connectivity index (χ3v) is 4.76. The number of nitrogens with zero attached hydrogens (tertiary/aromatic N) is 6. The van der Waals surface area contributed by atoms with Crippen molar-refractivity contribution in [3.05, 3.63) is 41.2 Å². The molecular weight excluding hydrogens is 362 g/mol. The van der Waals surface area contributed by atoms with E-state index in [9.17, 15) is 4.79 Å². The van der Waals surface area contributed by atoms with E-state index in [4.69, 9.17) is 0 Å². The molecule has 0 aliphatic rings. The summed E-state index contributed by atoms with van der Waals surface area (Å²) in [5.74, 6) is 0.583. The summed E-state index contributed by atoms with van der Waals surface area (Å²) in [7, 11) is 1.77. The van der Waals surface area contributed by atoms with Gasteiger partial charge >= 0.3 is 0 Å². The molecule has 0 saturated heterocycles. The van der Waals surface area contributed by atoms with Gasteiger partial charge in [0.25, 0.3) is 0 Å². The average molecular weight is 383 g/mol. The zero-order valence-corrected chi connectivity index (χ0v) is 16.5. The van der Waals surface area contributed by atoms with E-state index in [1.54, 1.807) is 11.7 Å². The Morgan fingerprint density at radius 1 is 1.22 bits per heavy atom. The minimum absolute atomic E-state index is 0.0593. The van der Waals surface area contributed by atoms with Gasteiger partial charge in [0.05, 0.1) is 0 Å². The van der Waals surface area contributed by atoms with Crippen molar-refractivity contribution in [1.82, 2.24) is 30.2 Å². The lowest BCUT2D eigenvalue weighted by Crippen LogP contribution is -2.14. The van der Waals surface area contributed by atoms with Gasteiger partial charge in [-0.2, -0.15) is 0 Å². The number of amides is 1. The SMILES string of the molecule is CSc1nc(C)c(CCC(=O)Nc2cccc(-c3nnnn3C)c2)c(C)n1. The molecule has 3 aromatic rings. The van der Waals surface area contributed by atoms with Crippen LogP contribution in [0.15, 0.2) is 29.4 Å². The number of anilines is 1. The number of hydrogen-bond donors (Lipinski definition) is 1. The van der Waals surface area contributed by atoms with Crippen LogP contribution in [0.2, 0.25) is 0 Å². The third-order valence-electron chi connectivity index (χ3n) is 4.21. The molecular formula is C18H21N7OS. The van der Waals surface area contributed by atoms with Crippen LogP contribution in [0, 0.1) is 13.8 Å². The molecule has 140 valence electrons. The molecule has 0 aliphatic carbocycles. The normalized spacial score (nSPS) is 10.8. The van der Waals surface area contributed by atoms with Crippen molar-refractivity contribution >= 4 is 23.4 Å². The Kier molecular flexibility index (Phi) is 5.80. The number of nitrogens with one attached hydrogen (secondary N) is 1. The molecule has 0 aliphatic heterocycles. The fourth-order valence-electron chi connectivity index (χ4n) is 2.83. The molecule has 1 N–H and O–H groups in total. The molecule has 27 heavy (non-hydrogen) atoms. The Balaban J connectivity index is 1.66. The van der Waals surface area contributed by atoms with E-state index in [1.807, 2.05) is 44.4 Å². The first-order valence-electron chi connectivity index (χ1n) is 8.48. The lowest BCUT2D eigenvalue weighted by Gasteiger charge is -2.10. The first kappa shape index (κ1) is 19.0. The maximum Gasteiger partial charge on any atom is 0.224 e. The number of aromatic nitrogens is 6. The van der Waals surface area contributed by atoms with Crippen LogP contribution < -0.4 is 5.32 Å². The van der Waals surface area contributed by atoms with Crippen LogP contribution in [-0.2, 0) is 18.3 Å². The lowest BCUT2D eigenvalue weighted by atomic mass is 10.1. The van der Waals surface area contributed by atoms with Gasteiger partial charge in [-0.25, -0.2) is 14.6 Å². The van der Waals surface area contributed by atoms with Crippen LogP contribution >= 0.6 is 11.8 Å². The summed E-state index contributed by atoms with van der Waals surface area (Å²) in [6, 6.07) is 7.47. The summed E-state index contributed by atoms with van der Waals surface area (Å²) in [6.45, 7) is 3.92. The average Bonchev–Trinajstić information content (AvgIpc) is 3.07. The van der Waals surface area contributed by atoms with Gasteiger partial charge in [-0.15, -0.1) is 5.10 Å². The molecule has 0 spiro atoms. The second kappa shape index (κ2) is 8.26. The summed E-state index contributed by atoms with van der Waals surface area (Å²) in [5.41, 5.74) is 4.44. The lowest BCUT2D eigenvalue weighted by molar-refractivity contribution is -0.116. The van der Waals surface area contributed by atoms with Gasteiger partial charge in [0.15, 0.2) is 11.0 Å². The van der Waals surface area contributed by atoms with E-state index in [2.05, 4.69) is 30.8 Å². The van der Waals surface area contributed by atoms with E-state index in [0.29, 0.717) is 24.4 Å². The van der Waals surface area contributed by atoms with Gasteiger partial charge in [0, 0.05) is 36.1 Å². The van der Waals surface area contributed by atoms with Crippen LogP contribution in [0.5, 0.6) is 0 Å². The molecule has 1 amide bonds. The number of carbonyl (C=O) groups is 1. The van der Waals surface area contributed by atoms with Crippen molar-refractivity contribution in [3.8, 4) is 11.4 Å². The molecule has 0 atom stereocenters. The highest BCUT2D eigenvalue weighted by molar-refractivity contribution is 7.98. The zero-order valence-electron chi connectivity index (χ0n) is 15.7. The Morgan fingerprint density at radius 3 is 2.59 bits per heavy atom. The van der Waals surface area contributed by atoms with Crippen LogP contribution in [0.3, 0.4) is 0 Å². The summed E-state index contributed by atoms with van der Waals surface area (Å²) >= 11 is 1.52. The maximum atomic E-state index is 12.4. The van der Waals surface area contributed by atoms with Gasteiger partial charge < -0.3 is 5.32 Å². The first-order chi connectivity index (χ1) is 13.0. The van der Waals surface area contributed by atoms with E-state index in [-0.39, 0.29) is 5.91 Å². The Morgan fingerprint density at radius 2 is 1.96 bits per heavy atom. The Bertz CT molecular complexity index is 947. The van der Waals surface area contributed by atoms with Crippen molar-refractivity contribution < 1.29 is 4.79 Å². The minimum Gasteiger partial charge on any atom is -0.326 e. The number of thioether (sulfide) groups is 1. The first-order valence-corrected chi connectivity index (χ1v) is 9.71. The molecule has 1 aromatic carbocycles. The fourth-order valence-corrected chi connectivity index (χ4v) is 3.29. The van der Waals surface area contributed by atoms with Crippen molar-refractivity contribution in [2.75, 3.05) is 11.6 Å². The van der Waals surface area contributed by atoms with Crippen molar-refractivity contribution in [2.45, 2.75) is 31.8 Å². The molecule has 0 unspecified atom stereocenters. The van der Waals surface area contributed by atoms with Crippen LogP contribution in [0.4, 0.5) is 5.69 Å². The molecule has 0 fully saturated rings. The predicted molar refractivity (Wildman–Crippen MR) is 104 cm³/mol. The number of rotatable bonds is 6. The quantitative estimate of drug-likeness (QED) is 0.516. The van der Waals surface area contributed by atoms with Crippen molar-refractivity contribution in [3.63, 3.8) is 0 Å². The van der Waals surface area contributed by atoms with E-state index in [1.165, 1.54) is 11.8 Å². The second-order valence-electron chi connectivity index (χ2n) is 6.11. The van der Waals surface area contributed by atoms with E-state index < -0.39 is 0 Å². The van der Waals surface area contributed by atoms with E-state index in [0.717, 1.165) is 27.7 Å². The molecule has 0 bridgehead atoms. The topological polar surface area (TPSA) is 98.5 Å². The summed E-state index contributed by atoms with van der Waals surface area (Å²) < 4.78 is 1.59. The summed E-state index contributed by atoms with van der Waals surface area (Å²) in [6.07, 6.45) is 2.91. The summed E-state index contributed by atoms with van der Waals surface area (Å²) in [5, 5.41) is 15.2. The van der Waals surface area contributed by atoms with Crippen LogP contribution in [-0.4, -0.2) is 42.3 Å². The Labute approximate surface area is 161 Å². The number of aryl methyl sites for hydroxylation is 3. The highest BCUT2D eigenvalue weighted by Crippen LogP contribution is 2.20. The molecule has 0 saturated carbocycles. The van der Waals surface area contributed by atoms with Gasteiger partial charge in [-0.05, 0) is 54.6 Å². The third kappa shape index (κ3) is 4.48. The Hall–Kier alpha value is -2.81. The number of hydrogen-bond acceptors (Lipinski definition) is 7. The maximum absolute atomic E-state index is 12.4. The van der Waals surface area contributed by atoms with Crippen LogP contribution in [0.25, 0.3) is 11.4 Å². The monoisotopic (exact) mass is 383 g/mol. The molecule has 2 heterocycles. The predicted octanol–water partition coefficient (Wildman–Crippen LogP) is 2.58. The van der Waals surface area contributed by atoms with Gasteiger partial charge in [-0.3, -0.25) is 4.79 Å². The van der Waals surface area contributed by atoms with Gasteiger partial charge in [-0.1, -0.05) is 23.9 Å². The van der Waals surface area contributed by atoms with Gasteiger partial charge in [0.2, 0.25) is 5.91 Å². The smallest absolute Gasteiger partial charge is 0.224 e. The highest BCUT2D eigenvalue weighted by Gasteiger charge is 2.12. The second-order valence-corrected chi connectivity index (χ2v) is 6.89. The standard InChI is InChI=1S/C18H21N7OS/c1-11-15(12(2)20-18(19-11)27-4)8-9-16(26)21-14-7-5-6-13(10-14)17-22-23-24-25(17)3/h5-7,10H,8-9H2,1-4H3,(H,21,26). The molecule has 8 nitrogen and oxygen atoms in total. The molecule has 2 aromatic heterocycles. The molecule has 9 heteroatoms. The number of benzene rings is 1. The molecule has 0 radical (unpaired) electrons. The minimum atomic E-state index is -0.0593. The van der Waals surface area contributed by atoms with Gasteiger partial charge in [0.1, 0.15) is 0 Å². The summed E-state index contributed by atoms with van der Waals surface area (Å²) in [4.78, 5) is 21.3. The zero-order chi connectivity index (χ0) is 19.4. The largest absolute Gasteiger partial charge is 0.326 e. The number of carbonyl (C=O) groups excluding carboxylic acids is 1. The van der Waals surface area contributed by atoms with Crippen LogP contribution in [0.1, 0.15) is 23.4 Å². The molecule has 3 rings (SSSR count). The van der Waals surface area contributed by atoms with Crippen molar-refractivity contribution in [1.29, 1.82) is 0 Å². The fraction of sp³-hybridized carbons (Fsp3) is 0.333. The van der Waals surface area contributed by atoms with Crippen molar-refractivity contribution in [2.24, 2.45) is 7.05 Å².